The number of rotatable bonds is 3. The van der Waals surface area contributed by atoms with Crippen LogP contribution in [0.15, 0.2) is 10.8 Å². The molecule has 25 heavy (non-hydrogen) atoms. The van der Waals surface area contributed by atoms with Crippen molar-refractivity contribution in [2.75, 3.05) is 32.8 Å². The minimum atomic E-state index is -0.104. The van der Waals surface area contributed by atoms with Gasteiger partial charge in [-0.25, -0.2) is 4.98 Å². The zero-order chi connectivity index (χ0) is 17.1. The Balaban J connectivity index is 1.44. The summed E-state index contributed by atoms with van der Waals surface area (Å²) >= 11 is 0. The van der Waals surface area contributed by atoms with E-state index in [0.29, 0.717) is 17.5 Å². The van der Waals surface area contributed by atoms with Crippen LogP contribution >= 0.6 is 0 Å². The van der Waals surface area contributed by atoms with Gasteiger partial charge in [0.25, 0.3) is 5.91 Å². The molecule has 2 atom stereocenters. The molecule has 0 bridgehead atoms. The Hall–Kier alpha value is -1.40. The van der Waals surface area contributed by atoms with Gasteiger partial charge in [-0.2, -0.15) is 0 Å². The smallest absolute Gasteiger partial charge is 0.276 e. The van der Waals surface area contributed by atoms with Crippen LogP contribution in [0.2, 0.25) is 0 Å². The van der Waals surface area contributed by atoms with Crippen molar-refractivity contribution >= 4 is 5.91 Å². The molecule has 1 amide bonds. The van der Waals surface area contributed by atoms with Gasteiger partial charge in [-0.15, -0.1) is 0 Å². The molecule has 0 aromatic carbocycles. The summed E-state index contributed by atoms with van der Waals surface area (Å²) in [6, 6.07) is 0.494. The number of nitrogens with zero attached hydrogens (tertiary/aromatic N) is 3. The Morgan fingerprint density at radius 3 is 2.64 bits per heavy atom. The van der Waals surface area contributed by atoms with Gasteiger partial charge in [0.05, 0.1) is 0 Å². The lowest BCUT2D eigenvalue weighted by Gasteiger charge is -2.39. The third-order valence-electron chi connectivity index (χ3n) is 5.86. The quantitative estimate of drug-likeness (QED) is 0.841. The molecule has 1 aromatic rings. The Morgan fingerprint density at radius 1 is 1.04 bits per heavy atom. The SMILES string of the molecule is O=C(c1ncoc1[C@H]1CCCO1)N1CCC[C@@H](N2CCCCCC2)C1. The lowest BCUT2D eigenvalue weighted by Crippen LogP contribution is -2.50. The third-order valence-corrected chi connectivity index (χ3v) is 5.86. The molecule has 0 saturated carbocycles. The van der Waals surface area contributed by atoms with E-state index in [9.17, 15) is 4.79 Å². The molecule has 3 aliphatic rings. The number of amides is 1. The molecular formula is C19H29N3O3. The van der Waals surface area contributed by atoms with E-state index in [1.807, 2.05) is 4.90 Å². The zero-order valence-corrected chi connectivity index (χ0v) is 15.0. The fourth-order valence-corrected chi connectivity index (χ4v) is 4.48. The van der Waals surface area contributed by atoms with Crippen LogP contribution in [-0.4, -0.2) is 59.5 Å². The van der Waals surface area contributed by atoms with Gasteiger partial charge in [0, 0.05) is 25.7 Å². The van der Waals surface area contributed by atoms with Crippen molar-refractivity contribution in [2.24, 2.45) is 0 Å². The predicted molar refractivity (Wildman–Crippen MR) is 93.4 cm³/mol. The molecule has 6 nitrogen and oxygen atoms in total. The number of piperidine rings is 1. The van der Waals surface area contributed by atoms with Crippen molar-refractivity contribution in [3.05, 3.63) is 17.8 Å². The van der Waals surface area contributed by atoms with Gasteiger partial charge in [-0.05, 0) is 51.6 Å². The molecular weight excluding hydrogens is 318 g/mol. The Bertz CT molecular complexity index is 574. The normalized spacial score (nSPS) is 28.9. The second-order valence-electron chi connectivity index (χ2n) is 7.56. The number of hydrogen-bond donors (Lipinski definition) is 0. The average Bonchev–Trinajstić information content (AvgIpc) is 3.27. The molecule has 3 saturated heterocycles. The number of likely N-dealkylation sites (tertiary alicyclic amines) is 2. The molecule has 4 heterocycles. The molecule has 3 aliphatic heterocycles. The number of hydrogen-bond acceptors (Lipinski definition) is 5. The first kappa shape index (κ1) is 17.0. The zero-order valence-electron chi connectivity index (χ0n) is 15.0. The van der Waals surface area contributed by atoms with Crippen LogP contribution in [0.4, 0.5) is 0 Å². The van der Waals surface area contributed by atoms with Crippen molar-refractivity contribution in [2.45, 2.75) is 63.5 Å². The van der Waals surface area contributed by atoms with E-state index in [1.165, 1.54) is 51.6 Å². The average molecular weight is 347 g/mol. The fourth-order valence-electron chi connectivity index (χ4n) is 4.48. The molecule has 0 unspecified atom stereocenters. The van der Waals surface area contributed by atoms with Gasteiger partial charge in [0.2, 0.25) is 0 Å². The van der Waals surface area contributed by atoms with Crippen LogP contribution in [0.3, 0.4) is 0 Å². The monoisotopic (exact) mass is 347 g/mol. The number of ether oxygens (including phenoxy) is 1. The first-order valence-corrected chi connectivity index (χ1v) is 9.91. The first-order chi connectivity index (χ1) is 12.3. The van der Waals surface area contributed by atoms with Gasteiger partial charge < -0.3 is 14.1 Å². The summed E-state index contributed by atoms with van der Waals surface area (Å²) in [4.78, 5) is 21.9. The molecule has 3 fully saturated rings. The Morgan fingerprint density at radius 2 is 1.88 bits per heavy atom. The number of aromatic nitrogens is 1. The Kier molecular flexibility index (Phi) is 5.36. The summed E-state index contributed by atoms with van der Waals surface area (Å²) in [6.45, 7) is 4.73. The van der Waals surface area contributed by atoms with Gasteiger partial charge in [-0.1, -0.05) is 12.8 Å². The van der Waals surface area contributed by atoms with Crippen LogP contribution in [0.25, 0.3) is 0 Å². The molecule has 0 radical (unpaired) electrons. The summed E-state index contributed by atoms with van der Waals surface area (Å²) in [5.74, 6) is 0.637. The molecule has 138 valence electrons. The van der Waals surface area contributed by atoms with Crippen molar-refractivity contribution in [1.82, 2.24) is 14.8 Å². The second kappa shape index (κ2) is 7.87. The highest BCUT2D eigenvalue weighted by Gasteiger charge is 2.33. The van der Waals surface area contributed by atoms with Crippen molar-refractivity contribution < 1.29 is 13.9 Å². The number of oxazole rings is 1. The maximum atomic E-state index is 13.1. The fraction of sp³-hybridized carbons (Fsp3) is 0.789. The summed E-state index contributed by atoms with van der Waals surface area (Å²) in [5.41, 5.74) is 0.461. The van der Waals surface area contributed by atoms with E-state index in [2.05, 4.69) is 9.88 Å². The largest absolute Gasteiger partial charge is 0.445 e. The van der Waals surface area contributed by atoms with E-state index in [-0.39, 0.29) is 12.0 Å². The lowest BCUT2D eigenvalue weighted by atomic mass is 10.0. The van der Waals surface area contributed by atoms with Crippen molar-refractivity contribution in [1.29, 1.82) is 0 Å². The molecule has 0 aliphatic carbocycles. The number of carbonyl (C=O) groups excluding carboxylic acids is 1. The highest BCUT2D eigenvalue weighted by atomic mass is 16.5. The van der Waals surface area contributed by atoms with E-state index in [4.69, 9.17) is 9.15 Å². The molecule has 0 N–H and O–H groups in total. The maximum Gasteiger partial charge on any atom is 0.276 e. The van der Waals surface area contributed by atoms with Crippen LogP contribution in [-0.2, 0) is 4.74 Å². The topological polar surface area (TPSA) is 58.8 Å². The lowest BCUT2D eigenvalue weighted by molar-refractivity contribution is 0.0555. The standard InChI is InChI=1S/C19H29N3O3/c23-19(17-18(25-14-20-17)16-8-6-12-24-16)22-11-5-7-15(13-22)21-9-3-1-2-4-10-21/h14-16H,1-13H2/t15-,16-/m1/s1. The molecule has 0 spiro atoms. The first-order valence-electron chi connectivity index (χ1n) is 9.91. The Labute approximate surface area is 149 Å². The van der Waals surface area contributed by atoms with Gasteiger partial charge in [0.1, 0.15) is 6.10 Å². The molecule has 1 aromatic heterocycles. The summed E-state index contributed by atoms with van der Waals surface area (Å²) in [6.07, 6.45) is 10.7. The second-order valence-corrected chi connectivity index (χ2v) is 7.56. The molecule has 6 heteroatoms. The van der Waals surface area contributed by atoms with Crippen LogP contribution in [0.1, 0.15) is 73.7 Å². The van der Waals surface area contributed by atoms with Gasteiger partial charge in [-0.3, -0.25) is 9.69 Å². The minimum Gasteiger partial charge on any atom is -0.445 e. The van der Waals surface area contributed by atoms with Gasteiger partial charge in [0.15, 0.2) is 17.8 Å². The third kappa shape index (κ3) is 3.75. The van der Waals surface area contributed by atoms with E-state index in [1.54, 1.807) is 0 Å². The van der Waals surface area contributed by atoms with Crippen molar-refractivity contribution in [3.8, 4) is 0 Å². The summed E-state index contributed by atoms with van der Waals surface area (Å²) < 4.78 is 11.2. The van der Waals surface area contributed by atoms with Crippen LogP contribution in [0, 0.1) is 0 Å². The minimum absolute atomic E-state index is 0.0128. The van der Waals surface area contributed by atoms with Crippen LogP contribution < -0.4 is 0 Å². The van der Waals surface area contributed by atoms with Gasteiger partial charge >= 0.3 is 0 Å². The highest BCUT2D eigenvalue weighted by Crippen LogP contribution is 2.31. The summed E-state index contributed by atoms with van der Waals surface area (Å²) in [5, 5.41) is 0. The summed E-state index contributed by atoms with van der Waals surface area (Å²) in [7, 11) is 0. The van der Waals surface area contributed by atoms with Crippen molar-refractivity contribution in [3.63, 3.8) is 0 Å². The van der Waals surface area contributed by atoms with Crippen LogP contribution in [0.5, 0.6) is 0 Å². The van der Waals surface area contributed by atoms with E-state index < -0.39 is 0 Å². The molecule has 4 rings (SSSR count). The van der Waals surface area contributed by atoms with E-state index in [0.717, 1.165) is 39.0 Å². The predicted octanol–water partition coefficient (Wildman–Crippen LogP) is 3.01. The number of carbonyl (C=O) groups is 1. The highest BCUT2D eigenvalue weighted by molar-refractivity contribution is 5.93. The maximum absolute atomic E-state index is 13.1. The van der Waals surface area contributed by atoms with E-state index >= 15 is 0 Å².